The fraction of sp³-hybridized carbons (Fsp3) is 0.615. The standard InChI is InChI=1S/C13H23O3P/c1-7-15-17(14,16-8-2)13(9-11(3)4)10-12(5)6/h3,7-9H2,1-2,4-6H3. The summed E-state index contributed by atoms with van der Waals surface area (Å²) in [5.41, 5.74) is 4.94. The third-order valence-corrected chi connectivity index (χ3v) is 3.92. The molecule has 0 fully saturated rings. The molecule has 4 heteroatoms. The summed E-state index contributed by atoms with van der Waals surface area (Å²) in [5.74, 6) is 0. The minimum Gasteiger partial charge on any atom is -0.305 e. The van der Waals surface area contributed by atoms with E-state index in [9.17, 15) is 4.57 Å². The molecule has 0 saturated heterocycles. The first kappa shape index (κ1) is 16.4. The van der Waals surface area contributed by atoms with Crippen molar-refractivity contribution in [3.8, 4) is 0 Å². The van der Waals surface area contributed by atoms with E-state index < -0.39 is 7.60 Å². The normalized spacial score (nSPS) is 10.9. The number of rotatable bonds is 7. The Kier molecular flexibility index (Phi) is 7.41. The van der Waals surface area contributed by atoms with Crippen molar-refractivity contribution >= 4 is 7.60 Å². The average molecular weight is 258 g/mol. The summed E-state index contributed by atoms with van der Waals surface area (Å²) < 4.78 is 23.2. The smallest absolute Gasteiger partial charge is 0.305 e. The van der Waals surface area contributed by atoms with Crippen molar-refractivity contribution in [2.45, 2.75) is 41.0 Å². The largest absolute Gasteiger partial charge is 0.365 e. The maximum absolute atomic E-state index is 12.6. The lowest BCUT2D eigenvalue weighted by Gasteiger charge is -2.18. The second-order valence-corrected chi connectivity index (χ2v) is 6.09. The van der Waals surface area contributed by atoms with Crippen LogP contribution in [0.1, 0.15) is 41.0 Å². The van der Waals surface area contributed by atoms with Crippen molar-refractivity contribution in [1.29, 1.82) is 0 Å². The van der Waals surface area contributed by atoms with Gasteiger partial charge in [-0.2, -0.15) is 0 Å². The molecule has 0 aliphatic heterocycles. The van der Waals surface area contributed by atoms with Crippen molar-refractivity contribution in [3.63, 3.8) is 0 Å². The zero-order chi connectivity index (χ0) is 13.5. The van der Waals surface area contributed by atoms with E-state index in [1.807, 2.05) is 20.8 Å². The van der Waals surface area contributed by atoms with Crippen molar-refractivity contribution < 1.29 is 13.6 Å². The molecule has 98 valence electrons. The molecule has 0 radical (unpaired) electrons. The van der Waals surface area contributed by atoms with Crippen LogP contribution in [0.15, 0.2) is 28.8 Å². The third-order valence-electron chi connectivity index (χ3n) is 1.79. The summed E-state index contributed by atoms with van der Waals surface area (Å²) in [5, 5.41) is 0.564. The summed E-state index contributed by atoms with van der Waals surface area (Å²) >= 11 is 0. The van der Waals surface area contributed by atoms with Crippen LogP contribution in [0.5, 0.6) is 0 Å². The van der Waals surface area contributed by atoms with Gasteiger partial charge in [0, 0.05) is 6.42 Å². The van der Waals surface area contributed by atoms with Gasteiger partial charge in [-0.1, -0.05) is 12.2 Å². The summed E-state index contributed by atoms with van der Waals surface area (Å²) in [6.07, 6.45) is 0.489. The summed E-state index contributed by atoms with van der Waals surface area (Å²) in [7, 11) is -3.21. The van der Waals surface area contributed by atoms with Crippen molar-refractivity contribution in [1.82, 2.24) is 0 Å². The van der Waals surface area contributed by atoms with Gasteiger partial charge in [-0.05, 0) is 40.2 Å². The Morgan fingerprint density at radius 1 is 1.18 bits per heavy atom. The molecule has 17 heavy (non-hydrogen) atoms. The molecule has 0 saturated carbocycles. The number of hydrogen-bond acceptors (Lipinski definition) is 3. The minimum absolute atomic E-state index is 0.349. The Hall–Kier alpha value is -0.590. The van der Waals surface area contributed by atoms with Crippen LogP contribution in [0.2, 0.25) is 0 Å². The Bertz CT molecular complexity index is 362. The monoisotopic (exact) mass is 258 g/mol. The lowest BCUT2D eigenvalue weighted by molar-refractivity contribution is 0.226. The molecule has 0 N–H and O–H groups in total. The molecule has 3 nitrogen and oxygen atoms in total. The highest BCUT2D eigenvalue weighted by Gasteiger charge is 2.29. The van der Waals surface area contributed by atoms with Crippen molar-refractivity contribution in [3.05, 3.63) is 28.8 Å². The molecule has 0 rings (SSSR count). The van der Waals surface area contributed by atoms with E-state index >= 15 is 0 Å². The Morgan fingerprint density at radius 3 is 1.94 bits per heavy atom. The Balaban J connectivity index is 5.46. The third kappa shape index (κ3) is 6.05. The highest BCUT2D eigenvalue weighted by Crippen LogP contribution is 2.57. The van der Waals surface area contributed by atoms with Crippen LogP contribution in [0, 0.1) is 0 Å². The SMILES string of the molecule is C=C(C)CC(=C=C(C)C)P(=O)(OCC)OCC. The van der Waals surface area contributed by atoms with Crippen LogP contribution in [-0.4, -0.2) is 13.2 Å². The molecular formula is C13H23O3P. The molecule has 0 atom stereocenters. The molecule has 0 heterocycles. The van der Waals surface area contributed by atoms with Gasteiger partial charge in [0.05, 0.1) is 18.5 Å². The zero-order valence-electron chi connectivity index (χ0n) is 11.5. The second kappa shape index (κ2) is 7.68. The van der Waals surface area contributed by atoms with Crippen LogP contribution in [-0.2, 0) is 13.6 Å². The van der Waals surface area contributed by atoms with Crippen LogP contribution < -0.4 is 0 Å². The summed E-state index contributed by atoms with van der Waals surface area (Å²) in [6.45, 7) is 13.8. The van der Waals surface area contributed by atoms with Gasteiger partial charge in [-0.3, -0.25) is 4.57 Å². The predicted octanol–water partition coefficient (Wildman–Crippen LogP) is 4.67. The van der Waals surface area contributed by atoms with Gasteiger partial charge in [0.1, 0.15) is 0 Å². The van der Waals surface area contributed by atoms with Gasteiger partial charge >= 0.3 is 7.60 Å². The highest BCUT2D eigenvalue weighted by molar-refractivity contribution is 7.58. The fourth-order valence-electron chi connectivity index (χ4n) is 1.32. The predicted molar refractivity (Wildman–Crippen MR) is 72.2 cm³/mol. The maximum atomic E-state index is 12.6. The van der Waals surface area contributed by atoms with Gasteiger partial charge in [0.15, 0.2) is 0 Å². The minimum atomic E-state index is -3.21. The van der Waals surface area contributed by atoms with Crippen molar-refractivity contribution in [2.24, 2.45) is 0 Å². The molecule has 0 aliphatic carbocycles. The van der Waals surface area contributed by atoms with E-state index in [2.05, 4.69) is 12.3 Å². The quantitative estimate of drug-likeness (QED) is 0.378. The lowest BCUT2D eigenvalue weighted by atomic mass is 10.2. The van der Waals surface area contributed by atoms with E-state index in [-0.39, 0.29) is 0 Å². The van der Waals surface area contributed by atoms with Crippen LogP contribution in [0.25, 0.3) is 0 Å². The molecule has 0 bridgehead atoms. The first-order valence-corrected chi connectivity index (χ1v) is 7.37. The molecule has 0 aliphatic rings. The average Bonchev–Trinajstić information content (AvgIpc) is 2.15. The lowest BCUT2D eigenvalue weighted by Crippen LogP contribution is -1.99. The van der Waals surface area contributed by atoms with E-state index in [4.69, 9.17) is 9.05 Å². The molecule has 0 aromatic rings. The zero-order valence-corrected chi connectivity index (χ0v) is 12.4. The molecule has 0 spiro atoms. The van der Waals surface area contributed by atoms with E-state index in [1.165, 1.54) is 0 Å². The molecular weight excluding hydrogens is 235 g/mol. The number of allylic oxidation sites excluding steroid dienone is 2. The first-order chi connectivity index (χ1) is 7.85. The molecule has 0 unspecified atom stereocenters. The Morgan fingerprint density at radius 2 is 1.65 bits per heavy atom. The second-order valence-electron chi connectivity index (χ2n) is 4.04. The summed E-state index contributed by atoms with van der Waals surface area (Å²) in [6, 6.07) is 0. The van der Waals surface area contributed by atoms with E-state index in [0.29, 0.717) is 24.9 Å². The Labute approximate surface area is 105 Å². The molecule has 0 amide bonds. The van der Waals surface area contributed by atoms with Gasteiger partial charge in [-0.25, -0.2) is 0 Å². The van der Waals surface area contributed by atoms with Crippen LogP contribution >= 0.6 is 7.60 Å². The van der Waals surface area contributed by atoms with Gasteiger partial charge in [-0.15, -0.1) is 5.73 Å². The van der Waals surface area contributed by atoms with Crippen LogP contribution in [0.3, 0.4) is 0 Å². The van der Waals surface area contributed by atoms with Gasteiger partial charge < -0.3 is 9.05 Å². The summed E-state index contributed by atoms with van der Waals surface area (Å²) in [4.78, 5) is 0. The fourth-order valence-corrected chi connectivity index (χ4v) is 3.21. The molecule has 0 aromatic carbocycles. The maximum Gasteiger partial charge on any atom is 0.365 e. The van der Waals surface area contributed by atoms with E-state index in [0.717, 1.165) is 11.1 Å². The highest BCUT2D eigenvalue weighted by atomic mass is 31.2. The number of hydrogen-bond donors (Lipinski definition) is 0. The van der Waals surface area contributed by atoms with Crippen molar-refractivity contribution in [2.75, 3.05) is 13.2 Å². The van der Waals surface area contributed by atoms with E-state index in [1.54, 1.807) is 13.8 Å². The first-order valence-electron chi connectivity index (χ1n) is 5.82. The topological polar surface area (TPSA) is 35.5 Å². The molecule has 0 aromatic heterocycles. The van der Waals surface area contributed by atoms with Gasteiger partial charge in [0.25, 0.3) is 0 Å². The van der Waals surface area contributed by atoms with Crippen LogP contribution in [0.4, 0.5) is 0 Å². The van der Waals surface area contributed by atoms with Gasteiger partial charge in [0.2, 0.25) is 0 Å².